The van der Waals surface area contributed by atoms with E-state index < -0.39 is 18.2 Å². The van der Waals surface area contributed by atoms with E-state index in [1.165, 1.54) is 0 Å². The third kappa shape index (κ3) is 4.48. The van der Waals surface area contributed by atoms with Gasteiger partial charge < -0.3 is 34.7 Å². The second kappa shape index (κ2) is 9.74. The zero-order chi connectivity index (χ0) is 26.4. The van der Waals surface area contributed by atoms with Crippen molar-refractivity contribution in [2.45, 2.75) is 19.2 Å². The van der Waals surface area contributed by atoms with Gasteiger partial charge in [-0.2, -0.15) is 0 Å². The van der Waals surface area contributed by atoms with Crippen LogP contribution in [0.25, 0.3) is 22.2 Å². The molecule has 1 fully saturated rings. The number of hydrogen-bond donors (Lipinski definition) is 3. The number of nitrogens with zero attached hydrogens (tertiary/aromatic N) is 3. The molecule has 0 amide bonds. The summed E-state index contributed by atoms with van der Waals surface area (Å²) in [7, 11) is 1.90. The number of aryl methyl sites for hydroxylation is 1. The van der Waals surface area contributed by atoms with Crippen LogP contribution >= 0.6 is 11.6 Å². The normalized spacial score (nSPS) is 17.6. The summed E-state index contributed by atoms with van der Waals surface area (Å²) >= 11 is 6.63. The maximum Gasteiger partial charge on any atom is 0.310 e. The molecule has 10 heteroatoms. The number of nitrogens with one attached hydrogen (secondary N) is 2. The summed E-state index contributed by atoms with van der Waals surface area (Å²) in [5, 5.41) is 17.4. The number of anilines is 3. The van der Waals surface area contributed by atoms with Crippen molar-refractivity contribution in [2.75, 3.05) is 41.8 Å². The van der Waals surface area contributed by atoms with Crippen LogP contribution in [0.4, 0.5) is 17.2 Å². The fourth-order valence-corrected chi connectivity index (χ4v) is 5.27. The van der Waals surface area contributed by atoms with Crippen molar-refractivity contribution in [2.24, 2.45) is 7.05 Å². The molecule has 2 unspecified atom stereocenters. The van der Waals surface area contributed by atoms with Crippen LogP contribution in [0.15, 0.2) is 54.7 Å². The summed E-state index contributed by atoms with van der Waals surface area (Å²) in [4.78, 5) is 18.6. The maximum atomic E-state index is 11.5. The van der Waals surface area contributed by atoms with E-state index in [2.05, 4.69) is 27.7 Å². The minimum absolute atomic E-state index is 0.539. The fourth-order valence-electron chi connectivity index (χ4n) is 5.01. The van der Waals surface area contributed by atoms with Crippen LogP contribution in [0.3, 0.4) is 0 Å². The number of fused-ring (bicyclic) bond motifs is 2. The van der Waals surface area contributed by atoms with Crippen LogP contribution < -0.4 is 20.3 Å². The summed E-state index contributed by atoms with van der Waals surface area (Å²) in [6.07, 6.45) is 1.32. The van der Waals surface area contributed by atoms with Gasteiger partial charge in [-0.15, -0.1) is 0 Å². The third-order valence-electron chi connectivity index (χ3n) is 7.13. The number of aromatic nitrogens is 2. The zero-order valence-electron chi connectivity index (χ0n) is 21.1. The molecule has 38 heavy (non-hydrogen) atoms. The number of rotatable bonds is 6. The predicted molar refractivity (Wildman–Crippen MR) is 148 cm³/mol. The smallest absolute Gasteiger partial charge is 0.310 e. The molecule has 6 rings (SSSR count). The van der Waals surface area contributed by atoms with Gasteiger partial charge in [-0.1, -0.05) is 23.7 Å². The second-order valence-electron chi connectivity index (χ2n) is 9.58. The number of carboxylic acid groups (broad SMARTS) is 1. The first kappa shape index (κ1) is 24.4. The lowest BCUT2D eigenvalue weighted by Crippen LogP contribution is -2.36. The molecule has 2 aliphatic heterocycles. The van der Waals surface area contributed by atoms with Crippen molar-refractivity contribution in [3.05, 3.63) is 65.3 Å². The van der Waals surface area contributed by atoms with Crippen LogP contribution in [-0.2, 0) is 16.6 Å². The highest BCUT2D eigenvalue weighted by atomic mass is 35.5. The van der Waals surface area contributed by atoms with Crippen LogP contribution in [0.1, 0.15) is 18.4 Å². The second-order valence-corrected chi connectivity index (χ2v) is 9.99. The number of aliphatic carboxylic acids is 1. The molecule has 2 aromatic heterocycles. The Hall–Kier alpha value is -3.95. The molecule has 2 atom stereocenters. The quantitative estimate of drug-likeness (QED) is 0.314. The highest BCUT2D eigenvalue weighted by Gasteiger charge is 2.25. The van der Waals surface area contributed by atoms with E-state index >= 15 is 0 Å². The Labute approximate surface area is 224 Å². The first-order valence-corrected chi connectivity index (χ1v) is 12.9. The lowest BCUT2D eigenvalue weighted by molar-refractivity contribution is -0.138. The van der Waals surface area contributed by atoms with Crippen molar-refractivity contribution >= 4 is 45.7 Å². The molecule has 9 nitrogen and oxygen atoms in total. The van der Waals surface area contributed by atoms with Crippen molar-refractivity contribution in [1.82, 2.24) is 9.55 Å². The van der Waals surface area contributed by atoms with Crippen LogP contribution in [0.5, 0.6) is 5.75 Å². The Bertz CT molecular complexity index is 1510. The van der Waals surface area contributed by atoms with E-state index in [0.717, 1.165) is 59.7 Å². The van der Waals surface area contributed by atoms with Crippen LogP contribution in [0.2, 0.25) is 5.02 Å². The molecule has 4 aromatic rings. The number of ether oxygens (including phenoxy) is 2. The number of pyridine rings is 1. The Morgan fingerprint density at radius 2 is 1.92 bits per heavy atom. The first-order chi connectivity index (χ1) is 18.4. The van der Waals surface area contributed by atoms with Gasteiger partial charge in [-0.05, 0) is 42.8 Å². The molecule has 4 heterocycles. The molecular weight excluding hydrogens is 506 g/mol. The molecule has 0 aliphatic carbocycles. The summed E-state index contributed by atoms with van der Waals surface area (Å²) < 4.78 is 13.5. The van der Waals surface area contributed by atoms with Crippen molar-refractivity contribution in [3.8, 4) is 17.0 Å². The monoisotopic (exact) mass is 533 g/mol. The molecule has 0 spiro atoms. The van der Waals surface area contributed by atoms with Gasteiger partial charge in [0.2, 0.25) is 6.35 Å². The average molecular weight is 534 g/mol. The molecule has 2 aromatic carbocycles. The van der Waals surface area contributed by atoms with Gasteiger partial charge in [0.1, 0.15) is 5.75 Å². The first-order valence-electron chi connectivity index (χ1n) is 12.5. The van der Waals surface area contributed by atoms with Crippen LogP contribution in [-0.4, -0.2) is 53.3 Å². The van der Waals surface area contributed by atoms with Crippen molar-refractivity contribution in [3.63, 3.8) is 0 Å². The molecule has 0 radical (unpaired) electrons. The Morgan fingerprint density at radius 3 is 2.66 bits per heavy atom. The molecule has 3 N–H and O–H groups in total. The van der Waals surface area contributed by atoms with E-state index in [9.17, 15) is 9.90 Å². The van der Waals surface area contributed by atoms with Crippen molar-refractivity contribution < 1.29 is 19.4 Å². The standard InChI is InChI=1S/C28H28ClN5O4/c1-16(27(35)36)21-15-33(2)24-13-19(7-8-20(21)24)38-28-30-23-14-22(29)25(31-26(23)32-28)17-3-5-18(6-4-17)34-9-11-37-12-10-34/h3-8,13-16,28,30H,9-12H2,1-2H3,(H,31,32)(H,35,36). The Balaban J connectivity index is 1.19. The fraction of sp³-hybridized carbons (Fsp3) is 0.286. The highest BCUT2D eigenvalue weighted by molar-refractivity contribution is 6.33. The Morgan fingerprint density at radius 1 is 1.16 bits per heavy atom. The number of benzene rings is 2. The number of morpholine rings is 1. The van der Waals surface area contributed by atoms with E-state index in [1.807, 2.05) is 54.2 Å². The summed E-state index contributed by atoms with van der Waals surface area (Å²) in [6.45, 7) is 4.94. The number of carbonyl (C=O) groups is 1. The van der Waals surface area contributed by atoms with Gasteiger partial charge in [0, 0.05) is 49.0 Å². The van der Waals surface area contributed by atoms with Gasteiger partial charge in [-0.25, -0.2) is 4.98 Å². The zero-order valence-corrected chi connectivity index (χ0v) is 21.8. The van der Waals surface area contributed by atoms with E-state index in [0.29, 0.717) is 22.3 Å². The molecular formula is C28H28ClN5O4. The predicted octanol–water partition coefficient (Wildman–Crippen LogP) is 5.12. The third-order valence-corrected chi connectivity index (χ3v) is 7.42. The maximum absolute atomic E-state index is 11.5. The average Bonchev–Trinajstić information content (AvgIpc) is 3.47. The SMILES string of the molecule is CC(C(=O)O)c1cn(C)c2cc(OC3Nc4cc(Cl)c(-c5ccc(N6CCOCC6)cc5)nc4N3)ccc12. The summed E-state index contributed by atoms with van der Waals surface area (Å²) in [6, 6.07) is 15.8. The topological polar surface area (TPSA) is 101 Å². The van der Waals surface area contributed by atoms with E-state index in [-0.39, 0.29) is 0 Å². The van der Waals surface area contributed by atoms with Gasteiger partial charge in [0.15, 0.2) is 5.82 Å². The molecule has 196 valence electrons. The van der Waals surface area contributed by atoms with Crippen molar-refractivity contribution in [1.29, 1.82) is 0 Å². The molecule has 2 aliphatic rings. The molecule has 0 saturated carbocycles. The van der Waals surface area contributed by atoms with Crippen LogP contribution in [0, 0.1) is 0 Å². The minimum atomic E-state index is -0.853. The Kier molecular flexibility index (Phi) is 6.25. The summed E-state index contributed by atoms with van der Waals surface area (Å²) in [5.41, 5.74) is 5.20. The van der Waals surface area contributed by atoms with Gasteiger partial charge in [0.05, 0.1) is 41.1 Å². The minimum Gasteiger partial charge on any atom is -0.481 e. The lowest BCUT2D eigenvalue weighted by atomic mass is 10.0. The van der Waals surface area contributed by atoms with E-state index in [1.54, 1.807) is 6.92 Å². The molecule has 0 bridgehead atoms. The number of halogens is 1. The largest absolute Gasteiger partial charge is 0.481 e. The lowest BCUT2D eigenvalue weighted by Gasteiger charge is -2.28. The summed E-state index contributed by atoms with van der Waals surface area (Å²) in [5.74, 6) is -0.160. The van der Waals surface area contributed by atoms with E-state index in [4.69, 9.17) is 26.1 Å². The highest BCUT2D eigenvalue weighted by Crippen LogP contribution is 2.37. The number of hydrogen-bond acceptors (Lipinski definition) is 7. The molecule has 1 saturated heterocycles. The number of carboxylic acids is 1. The van der Waals surface area contributed by atoms with Gasteiger partial charge in [0.25, 0.3) is 0 Å². The van der Waals surface area contributed by atoms with Gasteiger partial charge >= 0.3 is 5.97 Å². The van der Waals surface area contributed by atoms with Gasteiger partial charge in [-0.3, -0.25) is 4.79 Å².